The SMILES string of the molecule is COc1cc(OC2CCN(SCCC3(N(C)C)CCCC3)CC2)ccc1C(=O)N1CCC(N2C(=O)OCc3ccccc32)CC1. The first-order valence-corrected chi connectivity index (χ1v) is 17.5. The minimum Gasteiger partial charge on any atom is -0.496 e. The number of carbonyl (C=O) groups is 2. The van der Waals surface area contributed by atoms with Crippen molar-refractivity contribution in [1.82, 2.24) is 14.1 Å². The molecule has 1 aliphatic carbocycles. The Morgan fingerprint density at radius 2 is 1.76 bits per heavy atom. The summed E-state index contributed by atoms with van der Waals surface area (Å²) in [5.41, 5.74) is 2.86. The summed E-state index contributed by atoms with van der Waals surface area (Å²) in [4.78, 5) is 32.3. The smallest absolute Gasteiger partial charge is 0.414 e. The highest BCUT2D eigenvalue weighted by atomic mass is 32.2. The van der Waals surface area contributed by atoms with Gasteiger partial charge in [-0.1, -0.05) is 43.0 Å². The fourth-order valence-electron chi connectivity index (χ4n) is 7.53. The van der Waals surface area contributed by atoms with Crippen molar-refractivity contribution in [2.24, 2.45) is 0 Å². The van der Waals surface area contributed by atoms with Crippen molar-refractivity contribution in [2.75, 3.05) is 58.0 Å². The lowest BCUT2D eigenvalue weighted by Gasteiger charge is -2.40. The molecule has 4 aliphatic rings. The monoisotopic (exact) mass is 636 g/mol. The van der Waals surface area contributed by atoms with E-state index in [1.54, 1.807) is 12.0 Å². The molecule has 0 N–H and O–H groups in total. The second-order valence-electron chi connectivity index (χ2n) is 13.1. The van der Waals surface area contributed by atoms with Crippen LogP contribution in [0.5, 0.6) is 11.5 Å². The van der Waals surface area contributed by atoms with Gasteiger partial charge in [0.2, 0.25) is 0 Å². The summed E-state index contributed by atoms with van der Waals surface area (Å²) in [6.45, 7) is 3.47. The Kier molecular flexibility index (Phi) is 10.1. The van der Waals surface area contributed by atoms with Crippen LogP contribution in [-0.2, 0) is 11.3 Å². The zero-order chi connectivity index (χ0) is 31.4. The molecular formula is C35H48N4O5S. The molecule has 3 heterocycles. The number of carbonyl (C=O) groups excluding carboxylic acids is 2. The number of cyclic esters (lactones) is 1. The Hall–Kier alpha value is -2.95. The average Bonchev–Trinajstić information content (AvgIpc) is 3.56. The van der Waals surface area contributed by atoms with Crippen molar-refractivity contribution in [3.05, 3.63) is 53.6 Å². The summed E-state index contributed by atoms with van der Waals surface area (Å²) in [6, 6.07) is 13.4. The molecule has 0 unspecified atom stereocenters. The standard InChI is InChI=1S/C35H48N4O5S/c1-36(2)35(16-6-7-17-35)18-23-45-38-21-14-28(15-22-38)44-29-10-11-30(32(24-29)42-3)33(40)37-19-12-27(13-20-37)39-31-9-5-4-8-26(31)25-43-34(39)41/h4-5,8-11,24,27-28H,6-7,12-23,25H2,1-3H3. The van der Waals surface area contributed by atoms with Crippen LogP contribution in [0.2, 0.25) is 0 Å². The minimum absolute atomic E-state index is 0.00697. The molecule has 0 bridgehead atoms. The number of benzene rings is 2. The van der Waals surface area contributed by atoms with Crippen LogP contribution in [0.25, 0.3) is 0 Å². The molecule has 45 heavy (non-hydrogen) atoms. The number of piperidine rings is 2. The van der Waals surface area contributed by atoms with Gasteiger partial charge in [0.15, 0.2) is 0 Å². The fourth-order valence-corrected chi connectivity index (χ4v) is 8.73. The zero-order valence-electron chi connectivity index (χ0n) is 27.0. The van der Waals surface area contributed by atoms with E-state index in [4.69, 9.17) is 14.2 Å². The van der Waals surface area contributed by atoms with Gasteiger partial charge in [0.1, 0.15) is 24.2 Å². The average molecular weight is 637 g/mol. The van der Waals surface area contributed by atoms with Crippen molar-refractivity contribution in [3.8, 4) is 11.5 Å². The van der Waals surface area contributed by atoms with Gasteiger partial charge in [-0.05, 0) is 77.2 Å². The molecule has 2 aromatic rings. The summed E-state index contributed by atoms with van der Waals surface area (Å²) in [5.74, 6) is 2.39. The van der Waals surface area contributed by atoms with E-state index in [0.717, 1.165) is 42.9 Å². The zero-order valence-corrected chi connectivity index (χ0v) is 27.9. The number of nitrogens with zero attached hydrogens (tertiary/aromatic N) is 4. The first kappa shape index (κ1) is 32.0. The third kappa shape index (κ3) is 7.08. The van der Waals surface area contributed by atoms with Crippen LogP contribution >= 0.6 is 11.9 Å². The quantitative estimate of drug-likeness (QED) is 0.285. The van der Waals surface area contributed by atoms with Gasteiger partial charge in [-0.15, -0.1) is 0 Å². The molecule has 6 rings (SSSR count). The van der Waals surface area contributed by atoms with Gasteiger partial charge in [0.25, 0.3) is 5.91 Å². The summed E-state index contributed by atoms with van der Waals surface area (Å²) in [6.07, 6.45) is 9.82. The second kappa shape index (κ2) is 14.2. The Morgan fingerprint density at radius 3 is 2.47 bits per heavy atom. The molecule has 0 atom stereocenters. The summed E-state index contributed by atoms with van der Waals surface area (Å²) in [5, 5.41) is 0. The van der Waals surface area contributed by atoms with Crippen molar-refractivity contribution in [1.29, 1.82) is 0 Å². The maximum absolute atomic E-state index is 13.6. The predicted molar refractivity (Wildman–Crippen MR) is 178 cm³/mol. The van der Waals surface area contributed by atoms with Crippen molar-refractivity contribution >= 4 is 29.6 Å². The number of ether oxygens (including phenoxy) is 3. The van der Waals surface area contributed by atoms with E-state index in [1.165, 1.54) is 37.9 Å². The number of likely N-dealkylation sites (tertiary alicyclic amines) is 1. The first-order valence-electron chi connectivity index (χ1n) is 16.6. The van der Waals surface area contributed by atoms with Crippen LogP contribution in [0.1, 0.15) is 73.7 Å². The number of fused-ring (bicyclic) bond motifs is 1. The number of methoxy groups -OCH3 is 1. The van der Waals surface area contributed by atoms with E-state index in [9.17, 15) is 9.59 Å². The van der Waals surface area contributed by atoms with E-state index in [0.29, 0.717) is 49.4 Å². The first-order chi connectivity index (χ1) is 21.9. The Morgan fingerprint density at radius 1 is 1.02 bits per heavy atom. The van der Waals surface area contributed by atoms with Gasteiger partial charge in [-0.2, -0.15) is 0 Å². The van der Waals surface area contributed by atoms with E-state index >= 15 is 0 Å². The molecule has 1 saturated carbocycles. The number of hydrogen-bond acceptors (Lipinski definition) is 8. The number of hydrogen-bond donors (Lipinski definition) is 0. The van der Waals surface area contributed by atoms with Crippen molar-refractivity contribution in [3.63, 3.8) is 0 Å². The number of amides is 2. The van der Waals surface area contributed by atoms with Gasteiger partial charge in [-0.3, -0.25) is 14.0 Å². The van der Waals surface area contributed by atoms with E-state index in [1.807, 2.05) is 59.3 Å². The normalized spacial score (nSPS) is 21.1. The Bertz CT molecular complexity index is 1330. The highest BCUT2D eigenvalue weighted by Gasteiger charge is 2.37. The molecule has 3 aliphatic heterocycles. The molecule has 244 valence electrons. The Labute approximate surface area is 272 Å². The third-order valence-electron chi connectivity index (χ3n) is 10.3. The van der Waals surface area contributed by atoms with Crippen LogP contribution in [0, 0.1) is 0 Å². The van der Waals surface area contributed by atoms with Gasteiger partial charge >= 0.3 is 6.09 Å². The highest BCUT2D eigenvalue weighted by Crippen LogP contribution is 2.38. The number of rotatable bonds is 10. The topological polar surface area (TPSA) is 74.8 Å². The Balaban J connectivity index is 0.984. The second-order valence-corrected chi connectivity index (χ2v) is 14.3. The van der Waals surface area contributed by atoms with Gasteiger partial charge < -0.3 is 24.0 Å². The minimum atomic E-state index is -0.308. The molecule has 0 radical (unpaired) electrons. The molecule has 2 amide bonds. The van der Waals surface area contributed by atoms with Gasteiger partial charge in [0.05, 0.1) is 18.4 Å². The molecular weight excluding hydrogens is 588 g/mol. The lowest BCUT2D eigenvalue weighted by molar-refractivity contribution is 0.0705. The fraction of sp³-hybridized carbons (Fsp3) is 0.600. The molecule has 0 aromatic heterocycles. The number of anilines is 1. The molecule has 9 nitrogen and oxygen atoms in total. The van der Waals surface area contributed by atoms with Crippen molar-refractivity contribution in [2.45, 2.75) is 82.1 Å². The lowest BCUT2D eigenvalue weighted by atomic mass is 9.93. The van der Waals surface area contributed by atoms with Crippen molar-refractivity contribution < 1.29 is 23.8 Å². The van der Waals surface area contributed by atoms with E-state index in [2.05, 4.69) is 23.3 Å². The number of para-hydroxylation sites is 1. The third-order valence-corrected chi connectivity index (χ3v) is 11.5. The van der Waals surface area contributed by atoms with E-state index < -0.39 is 0 Å². The summed E-state index contributed by atoms with van der Waals surface area (Å²) < 4.78 is 20.0. The molecule has 10 heteroatoms. The molecule has 3 fully saturated rings. The summed E-state index contributed by atoms with van der Waals surface area (Å²) >= 11 is 2.00. The van der Waals surface area contributed by atoms with Gasteiger partial charge in [-0.25, -0.2) is 4.79 Å². The maximum atomic E-state index is 13.6. The highest BCUT2D eigenvalue weighted by molar-refractivity contribution is 7.97. The van der Waals surface area contributed by atoms with Crippen LogP contribution < -0.4 is 14.4 Å². The van der Waals surface area contributed by atoms with Crippen LogP contribution in [0.4, 0.5) is 10.5 Å². The lowest BCUT2D eigenvalue weighted by Crippen LogP contribution is -2.50. The van der Waals surface area contributed by atoms with Crippen LogP contribution in [0.3, 0.4) is 0 Å². The summed E-state index contributed by atoms with van der Waals surface area (Å²) in [7, 11) is 6.09. The van der Waals surface area contributed by atoms with Crippen LogP contribution in [-0.4, -0.2) is 96.9 Å². The molecule has 2 aromatic carbocycles. The molecule has 2 saturated heterocycles. The van der Waals surface area contributed by atoms with Crippen LogP contribution in [0.15, 0.2) is 42.5 Å². The largest absolute Gasteiger partial charge is 0.496 e. The van der Waals surface area contributed by atoms with Gasteiger partial charge in [0, 0.05) is 55.1 Å². The molecule has 0 spiro atoms. The van der Waals surface area contributed by atoms with E-state index in [-0.39, 0.29) is 24.1 Å². The predicted octanol–water partition coefficient (Wildman–Crippen LogP) is 6.21. The maximum Gasteiger partial charge on any atom is 0.414 e.